The molecule has 0 radical (unpaired) electrons. The molecule has 6 nitrogen and oxygen atoms in total. The van der Waals surface area contributed by atoms with Gasteiger partial charge in [0.15, 0.2) is 5.58 Å². The number of hydrogen-bond acceptors (Lipinski definition) is 7. The van der Waals surface area contributed by atoms with Crippen LogP contribution in [0.3, 0.4) is 0 Å². The molecule has 1 fully saturated rings. The lowest BCUT2D eigenvalue weighted by Gasteiger charge is -2.36. The van der Waals surface area contributed by atoms with Crippen molar-refractivity contribution in [1.82, 2.24) is 10.1 Å². The van der Waals surface area contributed by atoms with Crippen molar-refractivity contribution in [2.75, 3.05) is 44.2 Å². The van der Waals surface area contributed by atoms with Crippen molar-refractivity contribution in [3.63, 3.8) is 0 Å². The van der Waals surface area contributed by atoms with E-state index in [0.29, 0.717) is 12.3 Å². The number of rotatable bonds is 7. The number of benzene rings is 2. The molecule has 1 saturated heterocycles. The average molecular weight is 454 g/mol. The molecule has 8 heteroatoms. The Labute approximate surface area is 189 Å². The van der Waals surface area contributed by atoms with Crippen LogP contribution in [0, 0.1) is 5.82 Å². The molecule has 5 rings (SSSR count). The minimum absolute atomic E-state index is 0.217. The number of halogens is 1. The highest BCUT2D eigenvalue weighted by Gasteiger charge is 2.20. The summed E-state index contributed by atoms with van der Waals surface area (Å²) in [5, 5.41) is 16.6. The molecule has 2 aromatic heterocycles. The first kappa shape index (κ1) is 20.9. The van der Waals surface area contributed by atoms with E-state index in [1.54, 1.807) is 11.3 Å². The number of ether oxygens (including phenoxy) is 1. The van der Waals surface area contributed by atoms with Crippen LogP contribution in [0.25, 0.3) is 21.5 Å². The van der Waals surface area contributed by atoms with E-state index >= 15 is 0 Å². The van der Waals surface area contributed by atoms with Gasteiger partial charge in [-0.2, -0.15) is 0 Å². The summed E-state index contributed by atoms with van der Waals surface area (Å²) in [6, 6.07) is 16.2. The van der Waals surface area contributed by atoms with Gasteiger partial charge >= 0.3 is 0 Å². The first-order valence-corrected chi connectivity index (χ1v) is 11.5. The van der Waals surface area contributed by atoms with Gasteiger partial charge < -0.3 is 19.3 Å². The van der Waals surface area contributed by atoms with E-state index < -0.39 is 6.10 Å². The van der Waals surface area contributed by atoms with E-state index in [4.69, 9.17) is 9.26 Å². The molecular formula is C24H24FN3O3S. The number of aliphatic hydroxyl groups excluding tert-OH is 1. The Morgan fingerprint density at radius 1 is 1.09 bits per heavy atom. The lowest BCUT2D eigenvalue weighted by atomic mass is 10.1. The van der Waals surface area contributed by atoms with Crippen LogP contribution in [-0.2, 0) is 0 Å². The van der Waals surface area contributed by atoms with Crippen molar-refractivity contribution < 1.29 is 18.8 Å². The van der Waals surface area contributed by atoms with Crippen molar-refractivity contribution in [1.29, 1.82) is 0 Å². The van der Waals surface area contributed by atoms with Crippen molar-refractivity contribution in [3.8, 4) is 17.0 Å². The van der Waals surface area contributed by atoms with Crippen LogP contribution in [-0.4, -0.2) is 60.6 Å². The van der Waals surface area contributed by atoms with Crippen LogP contribution >= 0.6 is 11.3 Å². The molecule has 0 aliphatic carbocycles. The zero-order valence-corrected chi connectivity index (χ0v) is 18.3. The minimum Gasteiger partial charge on any atom is -0.491 e. The molecular weight excluding hydrogens is 429 g/mol. The van der Waals surface area contributed by atoms with Crippen molar-refractivity contribution in [3.05, 3.63) is 65.8 Å². The monoisotopic (exact) mass is 453 g/mol. The summed E-state index contributed by atoms with van der Waals surface area (Å²) in [5.74, 6) is 0.470. The number of aromatic nitrogens is 1. The van der Waals surface area contributed by atoms with Gasteiger partial charge in [0.05, 0.1) is 0 Å². The van der Waals surface area contributed by atoms with Crippen LogP contribution in [0.4, 0.5) is 10.1 Å². The molecule has 0 bridgehead atoms. The summed E-state index contributed by atoms with van der Waals surface area (Å²) in [4.78, 5) is 4.46. The maximum Gasteiger partial charge on any atom is 0.178 e. The summed E-state index contributed by atoms with van der Waals surface area (Å²) in [6.07, 6.45) is -0.591. The fourth-order valence-corrected chi connectivity index (χ4v) is 4.79. The number of thiophene rings is 1. The van der Waals surface area contributed by atoms with Crippen LogP contribution in [0.2, 0.25) is 0 Å². The molecule has 3 heterocycles. The number of nitrogens with zero attached hydrogens (tertiary/aromatic N) is 3. The Hall–Kier alpha value is -2.94. The number of hydrogen-bond donors (Lipinski definition) is 1. The zero-order chi connectivity index (χ0) is 21.9. The Balaban J connectivity index is 1.12. The van der Waals surface area contributed by atoms with Crippen LogP contribution in [0.1, 0.15) is 0 Å². The summed E-state index contributed by atoms with van der Waals surface area (Å²) in [7, 11) is 0. The molecule has 32 heavy (non-hydrogen) atoms. The fourth-order valence-electron chi connectivity index (χ4n) is 3.98. The van der Waals surface area contributed by atoms with Gasteiger partial charge in [0, 0.05) is 44.0 Å². The predicted molar refractivity (Wildman–Crippen MR) is 124 cm³/mol. The average Bonchev–Trinajstić information content (AvgIpc) is 3.43. The smallest absolute Gasteiger partial charge is 0.178 e. The van der Waals surface area contributed by atoms with Gasteiger partial charge in [-0.1, -0.05) is 17.3 Å². The summed E-state index contributed by atoms with van der Waals surface area (Å²) >= 11 is 1.60. The quantitative estimate of drug-likeness (QED) is 0.451. The molecule has 4 aromatic rings. The number of fused-ring (bicyclic) bond motifs is 1. The third kappa shape index (κ3) is 4.62. The molecule has 2 aromatic carbocycles. The fraction of sp³-hybridized carbons (Fsp3) is 0.292. The molecule has 1 atom stereocenters. The maximum absolute atomic E-state index is 13.1. The van der Waals surface area contributed by atoms with Gasteiger partial charge in [-0.25, -0.2) is 4.39 Å². The highest BCUT2D eigenvalue weighted by Crippen LogP contribution is 2.33. The highest BCUT2D eigenvalue weighted by molar-refractivity contribution is 7.17. The Bertz CT molecular complexity index is 1170. The number of anilines is 1. The van der Waals surface area contributed by atoms with E-state index in [9.17, 15) is 9.50 Å². The van der Waals surface area contributed by atoms with Crippen LogP contribution < -0.4 is 9.64 Å². The van der Waals surface area contributed by atoms with Crippen LogP contribution in [0.5, 0.6) is 5.75 Å². The third-order valence-electron chi connectivity index (χ3n) is 5.66. The van der Waals surface area contributed by atoms with Gasteiger partial charge in [-0.3, -0.25) is 4.90 Å². The molecule has 0 amide bonds. The van der Waals surface area contributed by atoms with E-state index in [0.717, 1.165) is 53.4 Å². The van der Waals surface area contributed by atoms with E-state index in [-0.39, 0.29) is 12.4 Å². The van der Waals surface area contributed by atoms with Gasteiger partial charge in [-0.05, 0) is 47.8 Å². The Kier molecular flexibility index (Phi) is 6.07. The second kappa shape index (κ2) is 9.28. The second-order valence-electron chi connectivity index (χ2n) is 7.90. The summed E-state index contributed by atoms with van der Waals surface area (Å²) < 4.78 is 25.4. The lowest BCUT2D eigenvalue weighted by Crippen LogP contribution is -2.49. The Morgan fingerprint density at radius 3 is 2.72 bits per heavy atom. The Morgan fingerprint density at radius 2 is 1.91 bits per heavy atom. The number of piperazine rings is 1. The predicted octanol–water partition coefficient (Wildman–Crippen LogP) is 4.26. The SMILES string of the molecule is OC(COc1cccc(-c2noc3ccsc23)c1)CN1CCN(c2ccc(F)cc2)CC1. The summed E-state index contributed by atoms with van der Waals surface area (Å²) in [6.45, 7) is 4.14. The number of aliphatic hydroxyl groups is 1. The molecule has 0 spiro atoms. The standard InChI is InChI=1S/C24H24FN3O3S/c25-18-4-6-19(7-5-18)28-11-9-27(10-12-28)15-20(29)16-30-21-3-1-2-17(14-21)23-24-22(31-26-23)8-13-32-24/h1-8,13-14,20,29H,9-12,15-16H2. The molecule has 1 unspecified atom stereocenters. The molecule has 1 N–H and O–H groups in total. The normalized spacial score (nSPS) is 15.9. The van der Waals surface area contributed by atoms with Gasteiger partial charge in [0.25, 0.3) is 0 Å². The van der Waals surface area contributed by atoms with Crippen molar-refractivity contribution >= 4 is 27.3 Å². The topological polar surface area (TPSA) is 62.0 Å². The minimum atomic E-state index is -0.591. The second-order valence-corrected chi connectivity index (χ2v) is 8.82. The lowest BCUT2D eigenvalue weighted by molar-refractivity contribution is 0.0663. The largest absolute Gasteiger partial charge is 0.491 e. The molecule has 166 valence electrons. The van der Waals surface area contributed by atoms with E-state index in [1.807, 2.05) is 47.8 Å². The van der Waals surface area contributed by atoms with E-state index in [2.05, 4.69) is 15.0 Å². The van der Waals surface area contributed by atoms with Gasteiger partial charge in [0.1, 0.15) is 34.7 Å². The third-order valence-corrected chi connectivity index (χ3v) is 6.56. The first-order valence-electron chi connectivity index (χ1n) is 10.6. The molecule has 1 aliphatic rings. The highest BCUT2D eigenvalue weighted by atomic mass is 32.1. The van der Waals surface area contributed by atoms with Crippen molar-refractivity contribution in [2.45, 2.75) is 6.10 Å². The maximum atomic E-state index is 13.1. The van der Waals surface area contributed by atoms with Crippen LogP contribution in [0.15, 0.2) is 64.5 Å². The number of β-amino-alcohol motifs (C(OH)–C–C–N with tert-alkyl or cyclic N) is 1. The molecule has 0 saturated carbocycles. The van der Waals surface area contributed by atoms with E-state index in [1.165, 1.54) is 12.1 Å². The first-order chi connectivity index (χ1) is 15.7. The van der Waals surface area contributed by atoms with Crippen molar-refractivity contribution in [2.24, 2.45) is 0 Å². The summed E-state index contributed by atoms with van der Waals surface area (Å²) in [5.41, 5.74) is 3.54. The molecule has 1 aliphatic heterocycles. The zero-order valence-electron chi connectivity index (χ0n) is 17.5. The van der Waals surface area contributed by atoms with Gasteiger partial charge in [0.2, 0.25) is 0 Å². The van der Waals surface area contributed by atoms with Gasteiger partial charge in [-0.15, -0.1) is 11.3 Å².